The minimum Gasteiger partial charge on any atom is -0.478 e. The van der Waals surface area contributed by atoms with E-state index in [4.69, 9.17) is 10.00 Å². The van der Waals surface area contributed by atoms with Gasteiger partial charge in [0.05, 0.1) is 0 Å². The summed E-state index contributed by atoms with van der Waals surface area (Å²) in [7, 11) is 0. The number of para-hydroxylation sites is 1. The molecule has 0 fully saturated rings. The Morgan fingerprint density at radius 2 is 2.19 bits per heavy atom. The number of nitrogens with one attached hydrogen (secondary N) is 1. The summed E-state index contributed by atoms with van der Waals surface area (Å²) in [6.45, 7) is 5.31. The van der Waals surface area contributed by atoms with Crippen molar-refractivity contribution < 1.29 is 4.74 Å². The quantitative estimate of drug-likeness (QED) is 0.798. The van der Waals surface area contributed by atoms with Gasteiger partial charge in [-0.25, -0.2) is 0 Å². The zero-order valence-corrected chi connectivity index (χ0v) is 9.86. The summed E-state index contributed by atoms with van der Waals surface area (Å²) in [5.74, 6) is 0.792. The maximum absolute atomic E-state index is 8.51. The van der Waals surface area contributed by atoms with Gasteiger partial charge >= 0.3 is 0 Å². The Morgan fingerprint density at radius 1 is 1.44 bits per heavy atom. The summed E-state index contributed by atoms with van der Waals surface area (Å²) >= 11 is 0. The number of ether oxygens (including phenoxy) is 1. The van der Waals surface area contributed by atoms with Crippen molar-refractivity contribution >= 4 is 0 Å². The van der Waals surface area contributed by atoms with Crippen molar-refractivity contribution in [1.82, 2.24) is 5.32 Å². The van der Waals surface area contributed by atoms with Gasteiger partial charge in [0.15, 0.2) is 6.61 Å². The van der Waals surface area contributed by atoms with Crippen LogP contribution in [0.4, 0.5) is 0 Å². The SMILES string of the molecule is CCCNC(C)c1ccccc1OCC#N. The molecule has 16 heavy (non-hydrogen) atoms. The van der Waals surface area contributed by atoms with Crippen molar-refractivity contribution in [2.75, 3.05) is 13.2 Å². The van der Waals surface area contributed by atoms with Crippen LogP contribution in [0.2, 0.25) is 0 Å². The number of nitriles is 1. The predicted octanol–water partition coefficient (Wildman–Crippen LogP) is 2.65. The van der Waals surface area contributed by atoms with Gasteiger partial charge in [0, 0.05) is 11.6 Å². The Balaban J connectivity index is 2.73. The fraction of sp³-hybridized carbons (Fsp3) is 0.462. The van der Waals surface area contributed by atoms with Gasteiger partial charge in [-0.3, -0.25) is 0 Å². The molecule has 0 saturated carbocycles. The molecule has 1 aromatic carbocycles. The monoisotopic (exact) mass is 218 g/mol. The number of rotatable bonds is 6. The number of benzene rings is 1. The van der Waals surface area contributed by atoms with E-state index < -0.39 is 0 Å². The first-order chi connectivity index (χ1) is 7.79. The van der Waals surface area contributed by atoms with Gasteiger partial charge < -0.3 is 10.1 Å². The molecule has 0 heterocycles. The molecule has 0 saturated heterocycles. The van der Waals surface area contributed by atoms with Crippen LogP contribution in [0.3, 0.4) is 0 Å². The van der Waals surface area contributed by atoms with Crippen molar-refractivity contribution in [1.29, 1.82) is 5.26 Å². The van der Waals surface area contributed by atoms with Crippen LogP contribution in [0.15, 0.2) is 24.3 Å². The Labute approximate surface area is 97.0 Å². The van der Waals surface area contributed by atoms with Gasteiger partial charge in [0.25, 0.3) is 0 Å². The van der Waals surface area contributed by atoms with E-state index in [0.717, 1.165) is 24.3 Å². The first-order valence-electron chi connectivity index (χ1n) is 5.61. The average molecular weight is 218 g/mol. The summed E-state index contributed by atoms with van der Waals surface area (Å²) in [5.41, 5.74) is 1.10. The van der Waals surface area contributed by atoms with Gasteiger partial charge in [-0.15, -0.1) is 0 Å². The molecule has 0 radical (unpaired) electrons. The molecule has 0 spiro atoms. The molecule has 0 aliphatic carbocycles. The van der Waals surface area contributed by atoms with Crippen LogP contribution < -0.4 is 10.1 Å². The lowest BCUT2D eigenvalue weighted by Crippen LogP contribution is -2.20. The second-order valence-electron chi connectivity index (χ2n) is 3.66. The van der Waals surface area contributed by atoms with Gasteiger partial charge in [-0.05, 0) is 26.0 Å². The van der Waals surface area contributed by atoms with Crippen LogP contribution >= 0.6 is 0 Å². The highest BCUT2D eigenvalue weighted by atomic mass is 16.5. The molecule has 0 bridgehead atoms. The molecule has 1 atom stereocenters. The zero-order chi connectivity index (χ0) is 11.8. The fourth-order valence-electron chi connectivity index (χ4n) is 1.55. The second-order valence-corrected chi connectivity index (χ2v) is 3.66. The molecule has 1 N–H and O–H groups in total. The summed E-state index contributed by atoms with van der Waals surface area (Å²) in [6.07, 6.45) is 1.10. The lowest BCUT2D eigenvalue weighted by atomic mass is 10.1. The van der Waals surface area contributed by atoms with Crippen molar-refractivity contribution in [3.05, 3.63) is 29.8 Å². The summed E-state index contributed by atoms with van der Waals surface area (Å²) in [4.78, 5) is 0. The van der Waals surface area contributed by atoms with Crippen molar-refractivity contribution in [2.24, 2.45) is 0 Å². The first kappa shape index (κ1) is 12.5. The van der Waals surface area contributed by atoms with Crippen LogP contribution in [0.25, 0.3) is 0 Å². The van der Waals surface area contributed by atoms with Crippen LogP contribution in [0.5, 0.6) is 5.75 Å². The lowest BCUT2D eigenvalue weighted by Gasteiger charge is -2.17. The van der Waals surface area contributed by atoms with E-state index in [1.165, 1.54) is 0 Å². The van der Waals surface area contributed by atoms with Gasteiger partial charge in [0.2, 0.25) is 0 Å². The Hall–Kier alpha value is -1.53. The maximum Gasteiger partial charge on any atom is 0.174 e. The molecular weight excluding hydrogens is 200 g/mol. The number of nitrogens with zero attached hydrogens (tertiary/aromatic N) is 1. The third kappa shape index (κ3) is 3.56. The van der Waals surface area contributed by atoms with E-state index >= 15 is 0 Å². The third-order valence-electron chi connectivity index (χ3n) is 2.38. The second kappa shape index (κ2) is 6.86. The molecular formula is C13H18N2O. The molecule has 86 valence electrons. The highest BCUT2D eigenvalue weighted by Gasteiger charge is 2.09. The molecule has 1 aromatic rings. The van der Waals surface area contributed by atoms with Crippen LogP contribution in [0.1, 0.15) is 31.9 Å². The Bertz CT molecular complexity index is 357. The largest absolute Gasteiger partial charge is 0.478 e. The van der Waals surface area contributed by atoms with E-state index in [2.05, 4.69) is 19.2 Å². The molecule has 1 unspecified atom stereocenters. The smallest absolute Gasteiger partial charge is 0.174 e. The normalized spacial score (nSPS) is 11.8. The standard InChI is InChI=1S/C13H18N2O/c1-3-9-15-11(2)12-6-4-5-7-13(12)16-10-8-14/h4-7,11,15H,3,9-10H2,1-2H3. The minimum absolute atomic E-state index is 0.0948. The molecule has 0 aliphatic heterocycles. The van der Waals surface area contributed by atoms with Crippen LogP contribution in [0, 0.1) is 11.3 Å². The van der Waals surface area contributed by atoms with E-state index in [1.807, 2.05) is 30.3 Å². The molecule has 0 aromatic heterocycles. The Kier molecular flexibility index (Phi) is 5.38. The highest BCUT2D eigenvalue weighted by molar-refractivity contribution is 5.35. The van der Waals surface area contributed by atoms with E-state index in [-0.39, 0.29) is 12.6 Å². The average Bonchev–Trinajstić information content (AvgIpc) is 2.33. The maximum atomic E-state index is 8.51. The number of hydrogen-bond donors (Lipinski definition) is 1. The zero-order valence-electron chi connectivity index (χ0n) is 9.86. The van der Waals surface area contributed by atoms with Gasteiger partial charge in [-0.1, -0.05) is 25.1 Å². The van der Waals surface area contributed by atoms with Gasteiger partial charge in [0.1, 0.15) is 11.8 Å². The highest BCUT2D eigenvalue weighted by Crippen LogP contribution is 2.24. The van der Waals surface area contributed by atoms with Gasteiger partial charge in [-0.2, -0.15) is 5.26 Å². The van der Waals surface area contributed by atoms with Crippen molar-refractivity contribution in [2.45, 2.75) is 26.3 Å². The number of hydrogen-bond acceptors (Lipinski definition) is 3. The van der Waals surface area contributed by atoms with Crippen LogP contribution in [-0.2, 0) is 0 Å². The molecule has 0 amide bonds. The molecule has 1 rings (SSSR count). The summed E-state index contributed by atoms with van der Waals surface area (Å²) < 4.78 is 5.39. The topological polar surface area (TPSA) is 45.0 Å². The first-order valence-corrected chi connectivity index (χ1v) is 5.61. The summed E-state index contributed by atoms with van der Waals surface area (Å²) in [5, 5.41) is 11.9. The Morgan fingerprint density at radius 3 is 2.88 bits per heavy atom. The lowest BCUT2D eigenvalue weighted by molar-refractivity contribution is 0.358. The summed E-state index contributed by atoms with van der Waals surface area (Å²) in [6, 6.07) is 10.1. The van der Waals surface area contributed by atoms with Crippen molar-refractivity contribution in [3.8, 4) is 11.8 Å². The third-order valence-corrected chi connectivity index (χ3v) is 2.38. The van der Waals surface area contributed by atoms with Crippen molar-refractivity contribution in [3.63, 3.8) is 0 Å². The fourth-order valence-corrected chi connectivity index (χ4v) is 1.55. The van der Waals surface area contributed by atoms with E-state index in [0.29, 0.717) is 0 Å². The van der Waals surface area contributed by atoms with Crippen LogP contribution in [-0.4, -0.2) is 13.2 Å². The molecule has 3 heteroatoms. The predicted molar refractivity (Wildman–Crippen MR) is 64.3 cm³/mol. The molecule has 0 aliphatic rings. The van der Waals surface area contributed by atoms with E-state index in [1.54, 1.807) is 0 Å². The minimum atomic E-state index is 0.0948. The molecule has 3 nitrogen and oxygen atoms in total. The van der Waals surface area contributed by atoms with E-state index in [9.17, 15) is 0 Å².